The average molecular weight is 268 g/mol. The second-order valence-electron chi connectivity index (χ2n) is 4.54. The van der Waals surface area contributed by atoms with Gasteiger partial charge >= 0.3 is 0 Å². The predicted octanol–water partition coefficient (Wildman–Crippen LogP) is 3.17. The lowest BCUT2D eigenvalue weighted by atomic mass is 10.1. The summed E-state index contributed by atoms with van der Waals surface area (Å²) in [6, 6.07) is 0. The molecule has 1 N–H and O–H groups in total. The number of H-pyrrole nitrogens is 1. The second-order valence-corrected chi connectivity index (χ2v) is 6.24. The molecule has 1 aromatic rings. The molecular formula is C12H16N2OS2. The molecule has 1 atom stereocenters. The first-order chi connectivity index (χ1) is 8.34. The van der Waals surface area contributed by atoms with Crippen LogP contribution < -0.4 is 0 Å². The molecule has 0 aliphatic carbocycles. The van der Waals surface area contributed by atoms with Crippen molar-refractivity contribution in [1.82, 2.24) is 9.97 Å². The zero-order chi connectivity index (χ0) is 11.7. The minimum Gasteiger partial charge on any atom is -0.376 e. The number of nitrogens with one attached hydrogen (secondary N) is 1. The summed E-state index contributed by atoms with van der Waals surface area (Å²) >= 11 is 7.38. The van der Waals surface area contributed by atoms with E-state index in [1.165, 1.54) is 30.7 Å². The minimum atomic E-state index is 0.513. The quantitative estimate of drug-likeness (QED) is 0.794. The highest BCUT2D eigenvalue weighted by atomic mass is 32.2. The van der Waals surface area contributed by atoms with Crippen LogP contribution in [0.25, 0.3) is 0 Å². The smallest absolute Gasteiger partial charge is 0.135 e. The first-order valence-electron chi connectivity index (χ1n) is 6.16. The van der Waals surface area contributed by atoms with Crippen molar-refractivity contribution in [3.05, 3.63) is 21.7 Å². The van der Waals surface area contributed by atoms with Gasteiger partial charge in [0.1, 0.15) is 10.5 Å². The number of thioether (sulfide) groups is 1. The van der Waals surface area contributed by atoms with Gasteiger partial charge in [0.2, 0.25) is 0 Å². The van der Waals surface area contributed by atoms with Crippen LogP contribution in [0.4, 0.5) is 0 Å². The van der Waals surface area contributed by atoms with Crippen LogP contribution in [-0.2, 0) is 17.8 Å². The third-order valence-electron chi connectivity index (χ3n) is 3.35. The number of ether oxygens (including phenoxy) is 1. The van der Waals surface area contributed by atoms with Gasteiger partial charge in [0.15, 0.2) is 0 Å². The molecule has 5 heteroatoms. The topological polar surface area (TPSA) is 37.9 Å². The van der Waals surface area contributed by atoms with Gasteiger partial charge < -0.3 is 9.72 Å². The molecule has 2 aliphatic rings. The molecule has 1 unspecified atom stereocenters. The van der Waals surface area contributed by atoms with Gasteiger partial charge in [0, 0.05) is 17.7 Å². The Bertz CT molecular complexity index is 466. The van der Waals surface area contributed by atoms with Crippen LogP contribution in [0.2, 0.25) is 0 Å². The molecule has 0 spiro atoms. The summed E-state index contributed by atoms with van der Waals surface area (Å²) in [5.41, 5.74) is 2.34. The van der Waals surface area contributed by atoms with Crippen molar-refractivity contribution in [2.75, 3.05) is 12.4 Å². The van der Waals surface area contributed by atoms with E-state index in [-0.39, 0.29) is 0 Å². The summed E-state index contributed by atoms with van der Waals surface area (Å²) in [6.45, 7) is 1.41. The van der Waals surface area contributed by atoms with Gasteiger partial charge in [-0.3, -0.25) is 0 Å². The average Bonchev–Trinajstić information content (AvgIpc) is 2.40. The van der Waals surface area contributed by atoms with Gasteiger partial charge in [-0.15, -0.1) is 0 Å². The number of hydrogen-bond donors (Lipinski definition) is 1. The predicted molar refractivity (Wildman–Crippen MR) is 71.8 cm³/mol. The summed E-state index contributed by atoms with van der Waals surface area (Å²) < 4.78 is 6.17. The molecule has 17 heavy (non-hydrogen) atoms. The Kier molecular flexibility index (Phi) is 3.49. The zero-order valence-electron chi connectivity index (χ0n) is 9.70. The fourth-order valence-corrected chi connectivity index (χ4v) is 3.92. The highest BCUT2D eigenvalue weighted by Crippen LogP contribution is 2.36. The third-order valence-corrected chi connectivity index (χ3v) is 5.07. The summed E-state index contributed by atoms with van der Waals surface area (Å²) in [5, 5.41) is 0.513. The van der Waals surface area contributed by atoms with Crippen molar-refractivity contribution in [2.45, 2.75) is 37.5 Å². The van der Waals surface area contributed by atoms with Crippen molar-refractivity contribution in [2.24, 2.45) is 0 Å². The highest BCUT2D eigenvalue weighted by Gasteiger charge is 2.21. The number of hydrogen-bond acceptors (Lipinski definition) is 4. The molecule has 3 nitrogen and oxygen atoms in total. The Morgan fingerprint density at radius 2 is 2.35 bits per heavy atom. The number of rotatable bonds is 1. The van der Waals surface area contributed by atoms with E-state index in [9.17, 15) is 0 Å². The van der Waals surface area contributed by atoms with E-state index in [1.54, 1.807) is 0 Å². The minimum absolute atomic E-state index is 0.513. The van der Waals surface area contributed by atoms with E-state index in [0.717, 1.165) is 29.1 Å². The highest BCUT2D eigenvalue weighted by molar-refractivity contribution is 7.99. The molecule has 0 aromatic carbocycles. The van der Waals surface area contributed by atoms with E-state index in [0.29, 0.717) is 11.9 Å². The van der Waals surface area contributed by atoms with Crippen LogP contribution in [0, 0.1) is 4.64 Å². The molecule has 3 rings (SSSR count). The van der Waals surface area contributed by atoms with E-state index < -0.39 is 0 Å². The van der Waals surface area contributed by atoms with Crippen molar-refractivity contribution in [3.63, 3.8) is 0 Å². The van der Waals surface area contributed by atoms with Crippen molar-refractivity contribution in [1.29, 1.82) is 0 Å². The molecule has 0 bridgehead atoms. The maximum Gasteiger partial charge on any atom is 0.135 e. The maximum absolute atomic E-state index is 5.43. The fraction of sp³-hybridized carbons (Fsp3) is 0.667. The summed E-state index contributed by atoms with van der Waals surface area (Å²) in [5.74, 6) is 2.33. The van der Waals surface area contributed by atoms with E-state index in [1.807, 2.05) is 11.8 Å². The van der Waals surface area contributed by atoms with Crippen LogP contribution in [0.1, 0.15) is 41.6 Å². The Hall–Kier alpha value is -0.390. The first kappa shape index (κ1) is 11.7. The van der Waals surface area contributed by atoms with E-state index >= 15 is 0 Å². The molecule has 92 valence electrons. The standard InChI is InChI=1S/C12H16N2OS2/c16-12-8-7-15-5-4-9(8)13-11(14-12)10-3-1-2-6-17-10/h10H,1-7H2,(H,13,14,16). The lowest BCUT2D eigenvalue weighted by Crippen LogP contribution is -2.16. The van der Waals surface area contributed by atoms with Crippen molar-refractivity contribution < 1.29 is 4.74 Å². The van der Waals surface area contributed by atoms with Crippen molar-refractivity contribution in [3.8, 4) is 0 Å². The van der Waals surface area contributed by atoms with Crippen LogP contribution >= 0.6 is 24.0 Å². The van der Waals surface area contributed by atoms with Crippen molar-refractivity contribution >= 4 is 24.0 Å². The monoisotopic (exact) mass is 268 g/mol. The van der Waals surface area contributed by atoms with Crippen LogP contribution in [0.3, 0.4) is 0 Å². The van der Waals surface area contributed by atoms with E-state index in [4.69, 9.17) is 17.0 Å². The molecule has 2 aliphatic heterocycles. The van der Waals surface area contributed by atoms with Gasteiger partial charge in [-0.2, -0.15) is 11.8 Å². The molecule has 0 saturated carbocycles. The number of aromatic amines is 1. The van der Waals surface area contributed by atoms with Gasteiger partial charge in [-0.05, 0) is 18.6 Å². The van der Waals surface area contributed by atoms with Gasteiger partial charge in [-0.1, -0.05) is 18.6 Å². The van der Waals surface area contributed by atoms with Gasteiger partial charge in [-0.25, -0.2) is 4.98 Å². The SMILES string of the molecule is S=c1nc(C2CCCCS2)[nH]c2c1COCC2. The number of nitrogens with zero attached hydrogens (tertiary/aromatic N) is 1. The largest absolute Gasteiger partial charge is 0.376 e. The lowest BCUT2D eigenvalue weighted by molar-refractivity contribution is 0.108. The summed E-state index contributed by atoms with van der Waals surface area (Å²) in [7, 11) is 0. The maximum atomic E-state index is 5.43. The first-order valence-corrected chi connectivity index (χ1v) is 7.61. The number of aromatic nitrogens is 2. The van der Waals surface area contributed by atoms with Gasteiger partial charge in [0.05, 0.1) is 18.5 Å². The number of fused-ring (bicyclic) bond motifs is 1. The third kappa shape index (κ3) is 2.41. The van der Waals surface area contributed by atoms with E-state index in [2.05, 4.69) is 9.97 Å². The molecule has 0 amide bonds. The van der Waals surface area contributed by atoms with Gasteiger partial charge in [0.25, 0.3) is 0 Å². The summed E-state index contributed by atoms with van der Waals surface area (Å²) in [6.07, 6.45) is 4.80. The molecule has 1 saturated heterocycles. The molecular weight excluding hydrogens is 252 g/mol. The Morgan fingerprint density at radius 1 is 1.41 bits per heavy atom. The van der Waals surface area contributed by atoms with Crippen LogP contribution in [-0.4, -0.2) is 22.3 Å². The molecule has 1 fully saturated rings. The summed E-state index contributed by atoms with van der Waals surface area (Å²) in [4.78, 5) is 8.07. The van der Waals surface area contributed by atoms with Crippen LogP contribution in [0.15, 0.2) is 0 Å². The Morgan fingerprint density at radius 3 is 3.18 bits per heavy atom. The second kappa shape index (κ2) is 5.08. The van der Waals surface area contributed by atoms with Crippen LogP contribution in [0.5, 0.6) is 0 Å². The Balaban J connectivity index is 1.95. The molecule has 1 aromatic heterocycles. The zero-order valence-corrected chi connectivity index (χ0v) is 11.3. The molecule has 3 heterocycles. The fourth-order valence-electron chi connectivity index (χ4n) is 2.38. The normalized spacial score (nSPS) is 24.4. The molecule has 0 radical (unpaired) electrons. The Labute approximate surface area is 110 Å². The lowest BCUT2D eigenvalue weighted by Gasteiger charge is -2.23.